The van der Waals surface area contributed by atoms with Gasteiger partial charge in [0, 0.05) is 19.6 Å². The van der Waals surface area contributed by atoms with E-state index in [0.29, 0.717) is 18.4 Å². The van der Waals surface area contributed by atoms with Crippen molar-refractivity contribution in [3.8, 4) is 0 Å². The van der Waals surface area contributed by atoms with Crippen molar-refractivity contribution in [2.45, 2.75) is 26.8 Å². The number of nitrogens with zero attached hydrogens (tertiary/aromatic N) is 3. The summed E-state index contributed by atoms with van der Waals surface area (Å²) in [6.07, 6.45) is 1.04. The Bertz CT molecular complexity index is 452. The molecular weight excluding hydrogens is 397 g/mol. The van der Waals surface area contributed by atoms with Crippen LogP contribution in [0.4, 0.5) is 0 Å². The van der Waals surface area contributed by atoms with Crippen LogP contribution in [0.2, 0.25) is 0 Å². The van der Waals surface area contributed by atoms with Gasteiger partial charge in [0.1, 0.15) is 12.3 Å². The molecule has 3 N–H and O–H groups in total. The molecule has 1 aliphatic heterocycles. The molecular formula is C14H26IN5O2. The maximum Gasteiger partial charge on any atom is 0.216 e. The zero-order valence-corrected chi connectivity index (χ0v) is 15.6. The van der Waals surface area contributed by atoms with Gasteiger partial charge in [0.15, 0.2) is 5.96 Å². The quantitative estimate of drug-likeness (QED) is 0.308. The third-order valence-corrected chi connectivity index (χ3v) is 3.52. The highest BCUT2D eigenvalue weighted by Crippen LogP contribution is 2.08. The normalized spacial score (nSPS) is 16.4. The summed E-state index contributed by atoms with van der Waals surface area (Å²) in [5, 5.41) is 3.11. The molecule has 7 nitrogen and oxygen atoms in total. The van der Waals surface area contributed by atoms with Crippen LogP contribution in [0.25, 0.3) is 0 Å². The lowest BCUT2D eigenvalue weighted by atomic mass is 10.3. The Labute approximate surface area is 148 Å². The highest BCUT2D eigenvalue weighted by Gasteiger charge is 2.09. The summed E-state index contributed by atoms with van der Waals surface area (Å²) in [5.74, 6) is 1.87. The molecule has 22 heavy (non-hydrogen) atoms. The summed E-state index contributed by atoms with van der Waals surface area (Å²) < 4.78 is 10.8. The van der Waals surface area contributed by atoms with E-state index in [-0.39, 0.29) is 24.0 Å². The first kappa shape index (κ1) is 19.2. The second kappa shape index (κ2) is 10.0. The number of rotatable bonds is 6. The number of aromatic nitrogens is 1. The number of guanidine groups is 1. The van der Waals surface area contributed by atoms with Gasteiger partial charge in [-0.05, 0) is 26.8 Å². The molecule has 1 aromatic heterocycles. The van der Waals surface area contributed by atoms with Crippen LogP contribution in [0.3, 0.4) is 0 Å². The van der Waals surface area contributed by atoms with Crippen molar-refractivity contribution in [1.29, 1.82) is 0 Å². The van der Waals surface area contributed by atoms with Gasteiger partial charge in [-0.1, -0.05) is 0 Å². The van der Waals surface area contributed by atoms with Gasteiger partial charge in [-0.25, -0.2) is 9.98 Å². The number of ether oxygens (including phenoxy) is 1. The van der Waals surface area contributed by atoms with Crippen molar-refractivity contribution in [2.75, 3.05) is 39.4 Å². The molecule has 126 valence electrons. The number of morpholine rings is 1. The number of hydrogen-bond acceptors (Lipinski definition) is 5. The summed E-state index contributed by atoms with van der Waals surface area (Å²) in [5.41, 5.74) is 6.72. The van der Waals surface area contributed by atoms with E-state index in [9.17, 15) is 0 Å². The fourth-order valence-electron chi connectivity index (χ4n) is 2.16. The molecule has 1 aliphatic rings. The van der Waals surface area contributed by atoms with Crippen molar-refractivity contribution in [2.24, 2.45) is 10.7 Å². The highest BCUT2D eigenvalue weighted by atomic mass is 127. The zero-order chi connectivity index (χ0) is 15.1. The Morgan fingerprint density at radius 2 is 2.09 bits per heavy atom. The van der Waals surface area contributed by atoms with E-state index in [1.54, 1.807) is 0 Å². The number of aryl methyl sites for hydroxylation is 2. The molecule has 0 aromatic carbocycles. The van der Waals surface area contributed by atoms with E-state index in [1.165, 1.54) is 0 Å². The van der Waals surface area contributed by atoms with Crippen LogP contribution in [-0.4, -0.2) is 55.2 Å². The average molecular weight is 423 g/mol. The Kier molecular flexibility index (Phi) is 8.72. The molecule has 0 aliphatic carbocycles. The summed E-state index contributed by atoms with van der Waals surface area (Å²) in [6, 6.07) is 0. The highest BCUT2D eigenvalue weighted by molar-refractivity contribution is 14.0. The maximum absolute atomic E-state index is 5.82. The van der Waals surface area contributed by atoms with Crippen LogP contribution in [0.15, 0.2) is 9.41 Å². The van der Waals surface area contributed by atoms with Gasteiger partial charge in [0.2, 0.25) is 5.89 Å². The van der Waals surface area contributed by atoms with E-state index < -0.39 is 0 Å². The van der Waals surface area contributed by atoms with Gasteiger partial charge in [0.25, 0.3) is 0 Å². The standard InChI is InChI=1S/C14H25N5O2.HI/c1-11-12(2)21-13(18-11)10-17-14(15)16-4-3-5-19-6-8-20-9-7-19;/h3-10H2,1-2H3,(H3,15,16,17);1H. The number of halogens is 1. The van der Waals surface area contributed by atoms with E-state index in [4.69, 9.17) is 14.9 Å². The van der Waals surface area contributed by atoms with Crippen LogP contribution in [0.5, 0.6) is 0 Å². The molecule has 0 atom stereocenters. The molecule has 0 amide bonds. The largest absolute Gasteiger partial charge is 0.444 e. The monoisotopic (exact) mass is 423 g/mol. The molecule has 1 aromatic rings. The van der Waals surface area contributed by atoms with E-state index >= 15 is 0 Å². The SMILES string of the molecule is Cc1nc(CN=C(N)NCCCN2CCOCC2)oc1C.I. The summed E-state index contributed by atoms with van der Waals surface area (Å²) in [7, 11) is 0. The van der Waals surface area contributed by atoms with Gasteiger partial charge in [-0.3, -0.25) is 4.90 Å². The molecule has 0 bridgehead atoms. The Morgan fingerprint density at radius 1 is 1.36 bits per heavy atom. The predicted molar refractivity (Wildman–Crippen MR) is 96.6 cm³/mol. The number of hydrogen-bond donors (Lipinski definition) is 2. The Morgan fingerprint density at radius 3 is 2.73 bits per heavy atom. The Hall–Kier alpha value is -0.870. The molecule has 8 heteroatoms. The first-order valence-corrected chi connectivity index (χ1v) is 7.42. The second-order valence-electron chi connectivity index (χ2n) is 5.19. The van der Waals surface area contributed by atoms with E-state index in [2.05, 4.69) is 20.2 Å². The number of aliphatic imine (C=N–C) groups is 1. The topological polar surface area (TPSA) is 88.9 Å². The number of nitrogens with two attached hydrogens (primary N) is 1. The minimum absolute atomic E-state index is 0. The third kappa shape index (κ3) is 6.49. The summed E-state index contributed by atoms with van der Waals surface area (Å²) in [6.45, 7) is 9.77. The van der Waals surface area contributed by atoms with E-state index in [0.717, 1.165) is 57.3 Å². The minimum Gasteiger partial charge on any atom is -0.444 e. The lowest BCUT2D eigenvalue weighted by Gasteiger charge is -2.26. The average Bonchev–Trinajstić information content (AvgIpc) is 2.81. The first-order chi connectivity index (χ1) is 10.1. The molecule has 0 unspecified atom stereocenters. The van der Waals surface area contributed by atoms with Crippen LogP contribution in [0, 0.1) is 13.8 Å². The summed E-state index contributed by atoms with van der Waals surface area (Å²) in [4.78, 5) is 10.9. The van der Waals surface area contributed by atoms with Crippen molar-refractivity contribution in [3.63, 3.8) is 0 Å². The maximum atomic E-state index is 5.82. The second-order valence-corrected chi connectivity index (χ2v) is 5.19. The fourth-order valence-corrected chi connectivity index (χ4v) is 2.16. The lowest BCUT2D eigenvalue weighted by molar-refractivity contribution is 0.0376. The molecule has 0 radical (unpaired) electrons. The Balaban J connectivity index is 0.00000242. The third-order valence-electron chi connectivity index (χ3n) is 3.52. The van der Waals surface area contributed by atoms with Crippen molar-refractivity contribution >= 4 is 29.9 Å². The molecule has 1 saturated heterocycles. The lowest BCUT2D eigenvalue weighted by Crippen LogP contribution is -2.39. The zero-order valence-electron chi connectivity index (χ0n) is 13.3. The molecule has 2 rings (SSSR count). The van der Waals surface area contributed by atoms with Gasteiger partial charge in [-0.2, -0.15) is 0 Å². The van der Waals surface area contributed by atoms with Gasteiger partial charge < -0.3 is 20.2 Å². The van der Waals surface area contributed by atoms with Crippen molar-refractivity contribution in [1.82, 2.24) is 15.2 Å². The van der Waals surface area contributed by atoms with Gasteiger partial charge in [0.05, 0.1) is 18.9 Å². The van der Waals surface area contributed by atoms with Crippen LogP contribution in [-0.2, 0) is 11.3 Å². The van der Waals surface area contributed by atoms with E-state index in [1.807, 2.05) is 13.8 Å². The molecule has 2 heterocycles. The fraction of sp³-hybridized carbons (Fsp3) is 0.714. The van der Waals surface area contributed by atoms with Crippen molar-refractivity contribution in [3.05, 3.63) is 17.3 Å². The first-order valence-electron chi connectivity index (χ1n) is 7.42. The number of oxazole rings is 1. The summed E-state index contributed by atoms with van der Waals surface area (Å²) >= 11 is 0. The smallest absolute Gasteiger partial charge is 0.216 e. The van der Waals surface area contributed by atoms with Crippen LogP contribution in [0.1, 0.15) is 23.8 Å². The van der Waals surface area contributed by atoms with Crippen LogP contribution >= 0.6 is 24.0 Å². The number of nitrogens with one attached hydrogen (secondary N) is 1. The molecule has 0 spiro atoms. The van der Waals surface area contributed by atoms with Crippen molar-refractivity contribution < 1.29 is 9.15 Å². The van der Waals surface area contributed by atoms with Gasteiger partial charge in [-0.15, -0.1) is 24.0 Å². The molecule has 1 fully saturated rings. The molecule has 0 saturated carbocycles. The van der Waals surface area contributed by atoms with Gasteiger partial charge >= 0.3 is 0 Å². The predicted octanol–water partition coefficient (Wildman–Crippen LogP) is 1.04. The van der Waals surface area contributed by atoms with Crippen LogP contribution < -0.4 is 11.1 Å². The minimum atomic E-state index is 0.